The van der Waals surface area contributed by atoms with Gasteiger partial charge in [-0.1, -0.05) is 48.5 Å². The van der Waals surface area contributed by atoms with Crippen molar-refractivity contribution in [1.82, 2.24) is 0 Å². The van der Waals surface area contributed by atoms with E-state index in [-0.39, 0.29) is 17.4 Å². The molecule has 6 heteroatoms. The summed E-state index contributed by atoms with van der Waals surface area (Å²) in [5.74, 6) is 0.577. The molecular formula is C30H28N2O4. The van der Waals surface area contributed by atoms with E-state index in [2.05, 4.69) is 0 Å². The zero-order valence-corrected chi connectivity index (χ0v) is 20.3. The first-order chi connectivity index (χ1) is 17.5. The number of nitrogens with one attached hydrogen (secondary N) is 1. The van der Waals surface area contributed by atoms with Crippen LogP contribution in [-0.2, 0) is 4.79 Å². The topological polar surface area (TPSA) is 82.9 Å². The van der Waals surface area contributed by atoms with Crippen molar-refractivity contribution in [3.8, 4) is 11.5 Å². The van der Waals surface area contributed by atoms with E-state index in [4.69, 9.17) is 9.47 Å². The minimum absolute atomic E-state index is 0.0120. The highest BCUT2D eigenvalue weighted by Crippen LogP contribution is 2.50. The Morgan fingerprint density at radius 2 is 1.64 bits per heavy atom. The van der Waals surface area contributed by atoms with E-state index in [9.17, 15) is 15.3 Å². The van der Waals surface area contributed by atoms with E-state index in [1.807, 2.05) is 59.5 Å². The number of benzene rings is 3. The first kappa shape index (κ1) is 23.4. The summed E-state index contributed by atoms with van der Waals surface area (Å²) in [6.45, 7) is 0. The van der Waals surface area contributed by atoms with Crippen LogP contribution >= 0.6 is 0 Å². The van der Waals surface area contributed by atoms with Crippen LogP contribution in [0.1, 0.15) is 36.3 Å². The Hall–Kier alpha value is -4.32. The van der Waals surface area contributed by atoms with E-state index in [1.54, 1.807) is 38.5 Å². The Morgan fingerprint density at radius 3 is 2.31 bits per heavy atom. The van der Waals surface area contributed by atoms with Crippen molar-refractivity contribution >= 4 is 23.1 Å². The van der Waals surface area contributed by atoms with E-state index in [1.165, 1.54) is 0 Å². The zero-order chi connectivity index (χ0) is 25.2. The standard InChI is InChI=1S/C30H28N2O4/c1-35-21-16-17-25(36-2)22(18-21)26-27-23(14-9-15-24(27)33)32(20-12-7-4-8-13-20)30(31)28(26)29(34)19-10-5-3-6-11-19/h3-8,10-13,16-18,26,31,34H,9,14-15H2,1-2H3/b29-28+,31-30?/t26-/m1/s1. The summed E-state index contributed by atoms with van der Waals surface area (Å²) in [4.78, 5) is 15.4. The normalized spacial score (nSPS) is 19.2. The number of para-hydroxylation sites is 1. The number of Topliss-reactive ketones (excluding diaryl/α,β-unsaturated/α-hetero) is 1. The van der Waals surface area contributed by atoms with Gasteiger partial charge in [-0.2, -0.15) is 0 Å². The van der Waals surface area contributed by atoms with Crippen LogP contribution < -0.4 is 14.4 Å². The molecule has 1 aliphatic carbocycles. The van der Waals surface area contributed by atoms with Gasteiger partial charge in [-0.3, -0.25) is 15.1 Å². The lowest BCUT2D eigenvalue weighted by Crippen LogP contribution is -2.42. The van der Waals surface area contributed by atoms with Crippen LogP contribution in [0.3, 0.4) is 0 Å². The Labute approximate surface area is 210 Å². The smallest absolute Gasteiger partial charge is 0.161 e. The Bertz CT molecular complexity index is 1380. The zero-order valence-electron chi connectivity index (χ0n) is 20.3. The van der Waals surface area contributed by atoms with E-state index in [0.717, 1.165) is 11.4 Å². The molecule has 1 heterocycles. The van der Waals surface area contributed by atoms with E-state index >= 15 is 0 Å². The van der Waals surface area contributed by atoms with Gasteiger partial charge in [-0.25, -0.2) is 0 Å². The number of ketones is 1. The summed E-state index contributed by atoms with van der Waals surface area (Å²) < 4.78 is 11.2. The quantitative estimate of drug-likeness (QED) is 0.421. The summed E-state index contributed by atoms with van der Waals surface area (Å²) in [6, 6.07) is 24.1. The number of anilines is 1. The maximum Gasteiger partial charge on any atom is 0.161 e. The minimum Gasteiger partial charge on any atom is -0.507 e. The minimum atomic E-state index is -0.689. The molecule has 0 amide bonds. The number of allylic oxidation sites excluding steroid dienone is 2. The molecule has 0 bridgehead atoms. The fourth-order valence-corrected chi connectivity index (χ4v) is 5.18. The van der Waals surface area contributed by atoms with Crippen LogP contribution in [0.25, 0.3) is 5.76 Å². The summed E-state index contributed by atoms with van der Waals surface area (Å²) >= 11 is 0. The van der Waals surface area contributed by atoms with Crippen LogP contribution in [0.2, 0.25) is 0 Å². The van der Waals surface area contributed by atoms with Crippen LogP contribution in [0.4, 0.5) is 5.69 Å². The second-order valence-corrected chi connectivity index (χ2v) is 8.83. The SMILES string of the molecule is COc1ccc(OC)c([C@@H]2C3=C(CCCC3=O)N(c3ccccc3)C(=N)/C2=C(/O)c2ccccc2)c1. The average molecular weight is 481 g/mol. The summed E-state index contributed by atoms with van der Waals surface area (Å²) in [7, 11) is 3.16. The van der Waals surface area contributed by atoms with Crippen molar-refractivity contribution < 1.29 is 19.4 Å². The first-order valence-electron chi connectivity index (χ1n) is 12.0. The van der Waals surface area contributed by atoms with Gasteiger partial charge in [0.1, 0.15) is 23.1 Å². The predicted octanol–water partition coefficient (Wildman–Crippen LogP) is 6.26. The molecule has 0 spiro atoms. The molecule has 1 aliphatic heterocycles. The number of ether oxygens (including phenoxy) is 2. The van der Waals surface area contributed by atoms with Gasteiger partial charge in [-0.05, 0) is 43.2 Å². The van der Waals surface area contributed by atoms with Crippen molar-refractivity contribution in [2.45, 2.75) is 25.2 Å². The van der Waals surface area contributed by atoms with Gasteiger partial charge in [0.05, 0.1) is 20.1 Å². The number of hydrogen-bond acceptors (Lipinski definition) is 5. The Kier molecular flexibility index (Phi) is 6.34. The summed E-state index contributed by atoms with van der Waals surface area (Å²) in [5, 5.41) is 21.1. The van der Waals surface area contributed by atoms with E-state index in [0.29, 0.717) is 53.0 Å². The largest absolute Gasteiger partial charge is 0.507 e. The number of carbonyl (C=O) groups excluding carboxylic acids is 1. The van der Waals surface area contributed by atoms with Gasteiger partial charge in [0.15, 0.2) is 5.78 Å². The number of hydrogen-bond donors (Lipinski definition) is 2. The van der Waals surface area contributed by atoms with Gasteiger partial charge in [0.25, 0.3) is 0 Å². The Balaban J connectivity index is 1.87. The van der Waals surface area contributed by atoms with Crippen LogP contribution in [0, 0.1) is 5.41 Å². The molecule has 0 radical (unpaired) electrons. The monoisotopic (exact) mass is 480 g/mol. The number of carbonyl (C=O) groups is 1. The highest BCUT2D eigenvalue weighted by molar-refractivity contribution is 6.19. The number of aliphatic hydroxyl groups excluding tert-OH is 1. The molecular weight excluding hydrogens is 452 g/mol. The second-order valence-electron chi connectivity index (χ2n) is 8.83. The molecule has 5 rings (SSSR count). The van der Waals surface area contributed by atoms with Crippen LogP contribution in [-0.4, -0.2) is 30.9 Å². The lowest BCUT2D eigenvalue weighted by atomic mass is 9.73. The third-order valence-electron chi connectivity index (χ3n) is 6.82. The second kappa shape index (κ2) is 9.74. The lowest BCUT2D eigenvalue weighted by Gasteiger charge is -2.42. The molecule has 0 fully saturated rings. The molecule has 0 aromatic heterocycles. The van der Waals surface area contributed by atoms with Gasteiger partial charge in [-0.15, -0.1) is 0 Å². The highest BCUT2D eigenvalue weighted by Gasteiger charge is 2.44. The molecule has 0 saturated heterocycles. The third-order valence-corrected chi connectivity index (χ3v) is 6.82. The van der Waals surface area contributed by atoms with Crippen molar-refractivity contribution in [2.24, 2.45) is 0 Å². The molecule has 182 valence electrons. The highest BCUT2D eigenvalue weighted by atomic mass is 16.5. The molecule has 0 saturated carbocycles. The number of amidine groups is 1. The number of rotatable bonds is 5. The molecule has 36 heavy (non-hydrogen) atoms. The predicted molar refractivity (Wildman–Crippen MR) is 141 cm³/mol. The molecule has 6 nitrogen and oxygen atoms in total. The number of aliphatic hydroxyl groups is 1. The van der Waals surface area contributed by atoms with Crippen molar-refractivity contribution in [3.05, 3.63) is 107 Å². The maximum absolute atomic E-state index is 13.6. The first-order valence-corrected chi connectivity index (χ1v) is 12.0. The molecule has 3 aromatic carbocycles. The van der Waals surface area contributed by atoms with Crippen molar-refractivity contribution in [1.29, 1.82) is 5.41 Å². The van der Waals surface area contributed by atoms with Crippen molar-refractivity contribution in [3.63, 3.8) is 0 Å². The fourth-order valence-electron chi connectivity index (χ4n) is 5.18. The van der Waals surface area contributed by atoms with Gasteiger partial charge in [0.2, 0.25) is 0 Å². The van der Waals surface area contributed by atoms with Gasteiger partial charge in [0, 0.05) is 40.1 Å². The maximum atomic E-state index is 13.6. The molecule has 3 aromatic rings. The number of nitrogens with zero attached hydrogens (tertiary/aromatic N) is 1. The Morgan fingerprint density at radius 1 is 0.944 bits per heavy atom. The molecule has 2 aliphatic rings. The molecule has 2 N–H and O–H groups in total. The summed E-state index contributed by atoms with van der Waals surface area (Å²) in [5.41, 5.74) is 3.76. The third kappa shape index (κ3) is 3.94. The molecule has 0 unspecified atom stereocenters. The fraction of sp³-hybridized carbons (Fsp3) is 0.200. The number of methoxy groups -OCH3 is 2. The molecule has 1 atom stereocenters. The van der Waals surface area contributed by atoms with Crippen molar-refractivity contribution in [2.75, 3.05) is 19.1 Å². The van der Waals surface area contributed by atoms with Crippen LogP contribution in [0.5, 0.6) is 11.5 Å². The average Bonchev–Trinajstić information content (AvgIpc) is 2.92. The van der Waals surface area contributed by atoms with E-state index < -0.39 is 5.92 Å². The van der Waals surface area contributed by atoms with Gasteiger partial charge < -0.3 is 14.6 Å². The summed E-state index contributed by atoms with van der Waals surface area (Å²) in [6.07, 6.45) is 1.78. The van der Waals surface area contributed by atoms with Gasteiger partial charge >= 0.3 is 0 Å². The van der Waals surface area contributed by atoms with Crippen LogP contribution in [0.15, 0.2) is 95.7 Å². The lowest BCUT2D eigenvalue weighted by molar-refractivity contribution is -0.116.